The summed E-state index contributed by atoms with van der Waals surface area (Å²) >= 11 is 7.02. The van der Waals surface area contributed by atoms with Crippen molar-refractivity contribution in [2.75, 3.05) is 13.6 Å². The Hall–Kier alpha value is -2.82. The van der Waals surface area contributed by atoms with Gasteiger partial charge in [-0.15, -0.1) is 0 Å². The van der Waals surface area contributed by atoms with Crippen LogP contribution in [0.4, 0.5) is 13.2 Å². The van der Waals surface area contributed by atoms with Crippen LogP contribution >= 0.6 is 23.4 Å². The number of halogens is 4. The van der Waals surface area contributed by atoms with Gasteiger partial charge < -0.3 is 10.0 Å². The minimum atomic E-state index is -4.53. The highest BCUT2D eigenvalue weighted by molar-refractivity contribution is 8.18. The number of nitrogens with zero attached hydrogens (tertiary/aromatic N) is 4. The fourth-order valence-electron chi connectivity index (χ4n) is 3.96. The summed E-state index contributed by atoms with van der Waals surface area (Å²) in [6.07, 6.45) is -0.197. The number of aromatic nitrogens is 2. The van der Waals surface area contributed by atoms with Crippen LogP contribution in [-0.2, 0) is 17.5 Å². The molecule has 1 aliphatic rings. The third-order valence-electron chi connectivity index (χ3n) is 5.70. The highest BCUT2D eigenvalue weighted by Crippen LogP contribution is 2.35. The lowest BCUT2D eigenvalue weighted by atomic mass is 10.1. The third kappa shape index (κ3) is 5.93. The van der Waals surface area contributed by atoms with Crippen LogP contribution in [0, 0.1) is 0 Å². The molecule has 4 rings (SSSR count). The highest BCUT2D eigenvalue weighted by Gasteiger charge is 2.33. The van der Waals surface area contributed by atoms with E-state index in [2.05, 4.69) is 10.1 Å². The SMILES string of the molecule is CCCC(O)CN(C)C1=NC(=O)/C(=C/c2ccc3c(cnn3Cc3ccc(Cl)cc3C(F)(F)F)c2)S1. The van der Waals surface area contributed by atoms with Crippen LogP contribution in [0.5, 0.6) is 0 Å². The molecule has 1 unspecified atom stereocenters. The first-order chi connectivity index (χ1) is 17.0. The number of amidine groups is 1. The van der Waals surface area contributed by atoms with E-state index >= 15 is 0 Å². The number of carbonyl (C=O) groups excluding carboxylic acids is 1. The van der Waals surface area contributed by atoms with Crippen LogP contribution in [0.15, 0.2) is 52.5 Å². The van der Waals surface area contributed by atoms with E-state index < -0.39 is 17.8 Å². The molecule has 2 heterocycles. The second-order valence-corrected chi connectivity index (χ2v) is 10.00. The Bertz CT molecular complexity index is 1350. The van der Waals surface area contributed by atoms with Gasteiger partial charge in [0, 0.05) is 24.0 Å². The third-order valence-corrected chi connectivity index (χ3v) is 7.04. The smallest absolute Gasteiger partial charge is 0.391 e. The van der Waals surface area contributed by atoms with Gasteiger partial charge in [-0.05, 0) is 59.7 Å². The monoisotopic (exact) mass is 536 g/mol. The van der Waals surface area contributed by atoms with Crippen molar-refractivity contribution < 1.29 is 23.1 Å². The van der Waals surface area contributed by atoms with Gasteiger partial charge in [0.1, 0.15) is 0 Å². The Morgan fingerprint density at radius 2 is 2.03 bits per heavy atom. The van der Waals surface area contributed by atoms with Crippen molar-refractivity contribution in [2.24, 2.45) is 4.99 Å². The molecule has 190 valence electrons. The average Bonchev–Trinajstić information content (AvgIpc) is 3.37. The number of thioether (sulfide) groups is 1. The minimum Gasteiger partial charge on any atom is -0.391 e. The lowest BCUT2D eigenvalue weighted by molar-refractivity contribution is -0.138. The zero-order chi connectivity index (χ0) is 26.0. The molecule has 0 fully saturated rings. The quantitative estimate of drug-likeness (QED) is 0.385. The van der Waals surface area contributed by atoms with Crippen LogP contribution in [0.3, 0.4) is 0 Å². The van der Waals surface area contributed by atoms with Crippen LogP contribution in [0.2, 0.25) is 5.02 Å². The number of hydrogen-bond acceptors (Lipinski definition) is 5. The standard InChI is InChI=1S/C25H24ClF3N4O2S/c1-3-4-19(34)14-32(2)24-31-23(35)22(36-24)10-15-5-8-21-17(9-15)12-30-33(21)13-16-6-7-18(26)11-20(16)25(27,28)29/h5-12,19,34H,3-4,13-14H2,1-2H3/b22-10-. The molecule has 1 amide bonds. The molecule has 6 nitrogen and oxygen atoms in total. The average molecular weight is 537 g/mol. The van der Waals surface area contributed by atoms with Crippen LogP contribution in [0.1, 0.15) is 36.5 Å². The Morgan fingerprint density at radius 3 is 2.75 bits per heavy atom. The van der Waals surface area contributed by atoms with Gasteiger partial charge in [-0.25, -0.2) is 0 Å². The Kier molecular flexibility index (Phi) is 7.77. The van der Waals surface area contributed by atoms with Crippen LogP contribution < -0.4 is 0 Å². The summed E-state index contributed by atoms with van der Waals surface area (Å²) in [6, 6.07) is 9.06. The molecule has 0 spiro atoms. The van der Waals surface area contributed by atoms with Gasteiger partial charge in [-0.3, -0.25) is 9.48 Å². The molecule has 11 heteroatoms. The largest absolute Gasteiger partial charge is 0.416 e. The fraction of sp³-hybridized carbons (Fsp3) is 0.320. The molecule has 0 radical (unpaired) electrons. The molecule has 0 saturated heterocycles. The van der Waals surface area contributed by atoms with Gasteiger partial charge >= 0.3 is 6.18 Å². The molecule has 0 bridgehead atoms. The maximum absolute atomic E-state index is 13.5. The molecule has 1 N–H and O–H groups in total. The molecule has 0 saturated carbocycles. The van der Waals surface area contributed by atoms with Crippen molar-refractivity contribution in [1.82, 2.24) is 14.7 Å². The number of amides is 1. The zero-order valence-electron chi connectivity index (χ0n) is 19.6. The summed E-state index contributed by atoms with van der Waals surface area (Å²) in [4.78, 5) is 18.7. The van der Waals surface area contributed by atoms with E-state index in [9.17, 15) is 23.1 Å². The fourth-order valence-corrected chi connectivity index (χ4v) is 5.02. The molecule has 3 aromatic rings. The number of aliphatic imine (C=N–C) groups is 1. The van der Waals surface area contributed by atoms with Gasteiger partial charge in [0.25, 0.3) is 5.91 Å². The molecular formula is C25H24ClF3N4O2S. The Morgan fingerprint density at radius 1 is 1.25 bits per heavy atom. The van der Waals surface area contributed by atoms with Crippen molar-refractivity contribution in [2.45, 2.75) is 38.6 Å². The molecular weight excluding hydrogens is 513 g/mol. The number of aliphatic hydroxyl groups is 1. The van der Waals surface area contributed by atoms with Crippen molar-refractivity contribution in [3.8, 4) is 0 Å². The number of hydrogen-bond donors (Lipinski definition) is 1. The van der Waals surface area contributed by atoms with Crippen molar-refractivity contribution in [3.05, 3.63) is 69.2 Å². The first-order valence-electron chi connectivity index (χ1n) is 11.3. The normalized spacial score (nSPS) is 16.1. The summed E-state index contributed by atoms with van der Waals surface area (Å²) in [5.74, 6) is -0.356. The molecule has 36 heavy (non-hydrogen) atoms. The maximum atomic E-state index is 13.5. The van der Waals surface area contributed by atoms with E-state index in [1.807, 2.05) is 13.0 Å². The van der Waals surface area contributed by atoms with E-state index in [1.165, 1.54) is 28.6 Å². The first kappa shape index (κ1) is 26.2. The molecule has 0 aliphatic carbocycles. The molecule has 2 aromatic carbocycles. The number of aliphatic hydroxyl groups excluding tert-OH is 1. The van der Waals surface area contributed by atoms with Gasteiger partial charge in [-0.1, -0.05) is 37.1 Å². The lowest BCUT2D eigenvalue weighted by Gasteiger charge is -2.20. The van der Waals surface area contributed by atoms with Gasteiger partial charge in [0.15, 0.2) is 5.17 Å². The predicted molar refractivity (Wildman–Crippen MR) is 137 cm³/mol. The predicted octanol–water partition coefficient (Wildman–Crippen LogP) is 5.82. The van der Waals surface area contributed by atoms with Crippen molar-refractivity contribution in [1.29, 1.82) is 0 Å². The number of carbonyl (C=O) groups is 1. The highest BCUT2D eigenvalue weighted by atomic mass is 35.5. The van der Waals surface area contributed by atoms with Crippen LogP contribution in [-0.4, -0.2) is 50.6 Å². The number of likely N-dealkylation sites (N-methyl/N-ethyl adjacent to an activating group) is 1. The lowest BCUT2D eigenvalue weighted by Crippen LogP contribution is -2.32. The molecule has 1 atom stereocenters. The summed E-state index contributed by atoms with van der Waals surface area (Å²) in [7, 11) is 1.78. The summed E-state index contributed by atoms with van der Waals surface area (Å²) in [5, 5.41) is 15.6. The maximum Gasteiger partial charge on any atom is 0.416 e. The Balaban J connectivity index is 1.52. The van der Waals surface area contributed by atoms with E-state index in [-0.39, 0.29) is 23.0 Å². The molecule has 1 aliphatic heterocycles. The van der Waals surface area contributed by atoms with Crippen molar-refractivity contribution in [3.63, 3.8) is 0 Å². The number of rotatable bonds is 7. The summed E-state index contributed by atoms with van der Waals surface area (Å²) < 4.78 is 41.9. The van der Waals surface area contributed by atoms with Gasteiger partial charge in [-0.2, -0.15) is 23.3 Å². The Labute approximate surface area is 215 Å². The van der Waals surface area contributed by atoms with Crippen LogP contribution in [0.25, 0.3) is 17.0 Å². The molecule has 1 aromatic heterocycles. The summed E-state index contributed by atoms with van der Waals surface area (Å²) in [6.45, 7) is 2.31. The van der Waals surface area contributed by atoms with E-state index in [0.717, 1.165) is 23.4 Å². The second-order valence-electron chi connectivity index (χ2n) is 8.55. The minimum absolute atomic E-state index is 0.0175. The number of alkyl halides is 3. The topological polar surface area (TPSA) is 70.7 Å². The number of fused-ring (bicyclic) bond motifs is 1. The van der Waals surface area contributed by atoms with E-state index in [0.29, 0.717) is 28.6 Å². The van der Waals surface area contributed by atoms with E-state index in [1.54, 1.807) is 36.4 Å². The number of benzene rings is 2. The first-order valence-corrected chi connectivity index (χ1v) is 12.5. The summed E-state index contributed by atoms with van der Waals surface area (Å²) in [5.41, 5.74) is 0.673. The van der Waals surface area contributed by atoms with E-state index in [4.69, 9.17) is 11.6 Å². The van der Waals surface area contributed by atoms with Gasteiger partial charge in [0.05, 0.1) is 34.8 Å². The second kappa shape index (κ2) is 10.7. The van der Waals surface area contributed by atoms with Gasteiger partial charge in [0.2, 0.25) is 0 Å². The zero-order valence-corrected chi connectivity index (χ0v) is 21.2. The van der Waals surface area contributed by atoms with Crippen molar-refractivity contribution >= 4 is 51.4 Å².